The van der Waals surface area contributed by atoms with Crippen LogP contribution >= 0.6 is 0 Å². The molecule has 0 radical (unpaired) electrons. The molecule has 1 spiro atoms. The van der Waals surface area contributed by atoms with Crippen LogP contribution in [-0.4, -0.2) is 46.7 Å². The van der Waals surface area contributed by atoms with Gasteiger partial charge in [-0.2, -0.15) is 0 Å². The third-order valence-corrected chi connectivity index (χ3v) is 7.74. The molecular formula is C25H25N3O3. The maximum atomic E-state index is 14.0. The molecule has 0 unspecified atom stereocenters. The van der Waals surface area contributed by atoms with Crippen molar-refractivity contribution in [2.24, 2.45) is 11.8 Å². The summed E-state index contributed by atoms with van der Waals surface area (Å²) in [5.41, 5.74) is 1.64. The molecule has 3 fully saturated rings. The van der Waals surface area contributed by atoms with Crippen molar-refractivity contribution < 1.29 is 14.4 Å². The van der Waals surface area contributed by atoms with Gasteiger partial charge in [0.2, 0.25) is 11.8 Å². The van der Waals surface area contributed by atoms with E-state index in [9.17, 15) is 14.4 Å². The second-order valence-corrected chi connectivity index (χ2v) is 8.99. The standard InChI is InChI=1S/C25H25N3O3/c1-2-26-18-12-7-6-11-17(18)25(24(26)31)21-20(19-13-8-14-28(19)25)22(29)27(23(21)30)15-16-9-4-3-5-10-16/h3-7,9-12,19-21H,2,8,13-15H2,1H3/t19-,20-,21+,25+/m1/s1. The van der Waals surface area contributed by atoms with E-state index in [0.717, 1.165) is 36.2 Å². The quantitative estimate of drug-likeness (QED) is 0.723. The second-order valence-electron chi connectivity index (χ2n) is 8.99. The fourth-order valence-electron chi connectivity index (χ4n) is 6.64. The summed E-state index contributed by atoms with van der Waals surface area (Å²) in [5.74, 6) is -1.47. The normalized spacial score (nSPS) is 31.6. The van der Waals surface area contributed by atoms with Crippen molar-refractivity contribution in [1.29, 1.82) is 0 Å². The SMILES string of the molecule is CCN1C(=O)[C@]2(c3ccccc31)[C@@H]1C(=O)N(Cc3ccccc3)C(=O)[C@@H]1[C@H]1CCCN12. The number of anilines is 1. The topological polar surface area (TPSA) is 60.9 Å². The molecule has 0 bridgehead atoms. The molecule has 158 valence electrons. The summed E-state index contributed by atoms with van der Waals surface area (Å²) in [4.78, 5) is 46.9. The van der Waals surface area contributed by atoms with Gasteiger partial charge >= 0.3 is 0 Å². The highest BCUT2D eigenvalue weighted by molar-refractivity contribution is 6.16. The molecule has 4 aliphatic heterocycles. The maximum Gasteiger partial charge on any atom is 0.253 e. The number of likely N-dealkylation sites (tertiary alicyclic amines) is 1. The highest BCUT2D eigenvalue weighted by Crippen LogP contribution is 2.61. The Bertz CT molecular complexity index is 1100. The molecule has 31 heavy (non-hydrogen) atoms. The van der Waals surface area contributed by atoms with E-state index in [0.29, 0.717) is 6.54 Å². The molecule has 6 nitrogen and oxygen atoms in total. The average molecular weight is 415 g/mol. The lowest BCUT2D eigenvalue weighted by Gasteiger charge is -2.37. The van der Waals surface area contributed by atoms with Crippen LogP contribution in [-0.2, 0) is 26.5 Å². The molecule has 0 N–H and O–H groups in total. The Morgan fingerprint density at radius 1 is 0.935 bits per heavy atom. The molecular weight excluding hydrogens is 390 g/mol. The minimum absolute atomic E-state index is 0.0432. The largest absolute Gasteiger partial charge is 0.310 e. The number of amides is 3. The molecule has 2 aromatic rings. The van der Waals surface area contributed by atoms with E-state index in [2.05, 4.69) is 4.90 Å². The van der Waals surface area contributed by atoms with Crippen molar-refractivity contribution in [1.82, 2.24) is 9.80 Å². The van der Waals surface area contributed by atoms with Crippen LogP contribution in [0.2, 0.25) is 0 Å². The molecule has 2 aromatic carbocycles. The summed E-state index contributed by atoms with van der Waals surface area (Å²) in [5, 5.41) is 0. The van der Waals surface area contributed by atoms with Gasteiger partial charge < -0.3 is 4.90 Å². The molecule has 0 saturated carbocycles. The fourth-order valence-corrected chi connectivity index (χ4v) is 6.64. The number of nitrogens with zero attached hydrogens (tertiary/aromatic N) is 3. The Kier molecular flexibility index (Phi) is 3.93. The zero-order valence-corrected chi connectivity index (χ0v) is 17.5. The molecule has 6 rings (SSSR count). The first-order valence-corrected chi connectivity index (χ1v) is 11.2. The summed E-state index contributed by atoms with van der Waals surface area (Å²) >= 11 is 0. The van der Waals surface area contributed by atoms with Gasteiger partial charge in [-0.05, 0) is 37.9 Å². The molecule has 4 aliphatic rings. The maximum absolute atomic E-state index is 14.0. The van der Waals surface area contributed by atoms with Gasteiger partial charge in [-0.1, -0.05) is 48.5 Å². The van der Waals surface area contributed by atoms with Crippen LogP contribution in [0, 0.1) is 11.8 Å². The zero-order chi connectivity index (χ0) is 21.3. The fraction of sp³-hybridized carbons (Fsp3) is 0.400. The van der Waals surface area contributed by atoms with E-state index in [1.54, 1.807) is 4.90 Å². The lowest BCUT2D eigenvalue weighted by Crippen LogP contribution is -2.55. The molecule has 6 heteroatoms. The van der Waals surface area contributed by atoms with Crippen molar-refractivity contribution in [3.8, 4) is 0 Å². The van der Waals surface area contributed by atoms with Gasteiger partial charge in [0.15, 0.2) is 0 Å². The number of hydrogen-bond acceptors (Lipinski definition) is 4. The number of benzene rings is 2. The monoisotopic (exact) mass is 415 g/mol. The van der Waals surface area contributed by atoms with Crippen molar-refractivity contribution in [2.45, 2.75) is 37.9 Å². The number of fused-ring (bicyclic) bond motifs is 7. The van der Waals surface area contributed by atoms with Crippen LogP contribution in [0.3, 0.4) is 0 Å². The zero-order valence-electron chi connectivity index (χ0n) is 17.5. The number of carbonyl (C=O) groups is 3. The van der Waals surface area contributed by atoms with Gasteiger partial charge in [0.1, 0.15) is 5.54 Å². The number of hydrogen-bond donors (Lipinski definition) is 0. The second kappa shape index (κ2) is 6.50. The van der Waals surface area contributed by atoms with Crippen molar-refractivity contribution >= 4 is 23.4 Å². The van der Waals surface area contributed by atoms with Gasteiger partial charge in [0, 0.05) is 23.8 Å². The third kappa shape index (κ3) is 2.18. The lowest BCUT2D eigenvalue weighted by molar-refractivity contribution is -0.146. The van der Waals surface area contributed by atoms with Crippen molar-refractivity contribution in [3.05, 3.63) is 65.7 Å². The minimum Gasteiger partial charge on any atom is -0.310 e. The van der Waals surface area contributed by atoms with Gasteiger partial charge in [-0.15, -0.1) is 0 Å². The molecule has 4 heterocycles. The van der Waals surface area contributed by atoms with Gasteiger partial charge in [0.05, 0.1) is 18.4 Å². The number of imide groups is 1. The summed E-state index contributed by atoms with van der Waals surface area (Å²) in [6.45, 7) is 3.52. The number of para-hydroxylation sites is 1. The summed E-state index contributed by atoms with van der Waals surface area (Å²) in [7, 11) is 0. The minimum atomic E-state index is -1.06. The van der Waals surface area contributed by atoms with Crippen molar-refractivity contribution in [3.63, 3.8) is 0 Å². The van der Waals surface area contributed by atoms with Crippen LogP contribution in [0.25, 0.3) is 0 Å². The average Bonchev–Trinajstić information content (AvgIpc) is 3.49. The van der Waals surface area contributed by atoms with E-state index >= 15 is 0 Å². The summed E-state index contributed by atoms with van der Waals surface area (Å²) in [6, 6.07) is 17.4. The van der Waals surface area contributed by atoms with Crippen molar-refractivity contribution in [2.75, 3.05) is 18.0 Å². The molecule has 0 aliphatic carbocycles. The number of rotatable bonds is 3. The Hall–Kier alpha value is -2.99. The molecule has 4 atom stereocenters. The first kappa shape index (κ1) is 18.8. The Morgan fingerprint density at radius 3 is 2.45 bits per heavy atom. The van der Waals surface area contributed by atoms with E-state index in [4.69, 9.17) is 0 Å². The highest BCUT2D eigenvalue weighted by atomic mass is 16.2. The Morgan fingerprint density at radius 2 is 1.68 bits per heavy atom. The Labute approximate surface area is 181 Å². The van der Waals surface area contributed by atoms with E-state index < -0.39 is 17.4 Å². The first-order valence-electron chi connectivity index (χ1n) is 11.2. The smallest absolute Gasteiger partial charge is 0.253 e. The van der Waals surface area contributed by atoms with Crippen LogP contribution in [0.4, 0.5) is 5.69 Å². The third-order valence-electron chi connectivity index (χ3n) is 7.74. The summed E-state index contributed by atoms with van der Waals surface area (Å²) < 4.78 is 0. The first-order chi connectivity index (χ1) is 15.1. The highest BCUT2D eigenvalue weighted by Gasteiger charge is 2.75. The van der Waals surface area contributed by atoms with Gasteiger partial charge in [-0.25, -0.2) is 0 Å². The molecule has 0 aromatic heterocycles. The predicted octanol–water partition coefficient (Wildman–Crippen LogP) is 2.53. The van der Waals surface area contributed by atoms with Gasteiger partial charge in [-0.3, -0.25) is 24.2 Å². The van der Waals surface area contributed by atoms with E-state index in [-0.39, 0.29) is 30.3 Å². The molecule has 3 saturated heterocycles. The van der Waals surface area contributed by atoms with Crippen LogP contribution in [0.1, 0.15) is 30.9 Å². The number of likely N-dealkylation sites (N-methyl/N-ethyl adjacent to an activating group) is 1. The lowest BCUT2D eigenvalue weighted by atomic mass is 9.75. The Balaban J connectivity index is 1.51. The van der Waals surface area contributed by atoms with Crippen LogP contribution in [0.15, 0.2) is 54.6 Å². The predicted molar refractivity (Wildman–Crippen MR) is 115 cm³/mol. The summed E-state index contributed by atoms with van der Waals surface area (Å²) in [6.07, 6.45) is 1.79. The number of carbonyl (C=O) groups excluding carboxylic acids is 3. The van der Waals surface area contributed by atoms with Crippen LogP contribution < -0.4 is 4.90 Å². The van der Waals surface area contributed by atoms with E-state index in [1.165, 1.54) is 4.90 Å². The van der Waals surface area contributed by atoms with E-state index in [1.807, 2.05) is 61.5 Å². The van der Waals surface area contributed by atoms with Crippen LogP contribution in [0.5, 0.6) is 0 Å². The molecule has 3 amide bonds. The van der Waals surface area contributed by atoms with Gasteiger partial charge in [0.25, 0.3) is 5.91 Å².